The van der Waals surface area contributed by atoms with Crippen LogP contribution in [0.25, 0.3) is 0 Å². The van der Waals surface area contributed by atoms with Gasteiger partial charge in [0.25, 0.3) is 0 Å². The summed E-state index contributed by atoms with van der Waals surface area (Å²) in [6.45, 7) is 1.55. The van der Waals surface area contributed by atoms with Crippen LogP contribution in [0.4, 0.5) is 0 Å². The van der Waals surface area contributed by atoms with E-state index in [1.165, 1.54) is 11.8 Å². The van der Waals surface area contributed by atoms with Gasteiger partial charge in [0.15, 0.2) is 4.38 Å². The highest BCUT2D eigenvalue weighted by Crippen LogP contribution is 2.32. The Bertz CT molecular complexity index is 502. The van der Waals surface area contributed by atoms with Gasteiger partial charge >= 0.3 is 0 Å². The molecule has 2 rings (SSSR count). The van der Waals surface area contributed by atoms with E-state index in [4.69, 9.17) is 0 Å². The average Bonchev–Trinajstić information content (AvgIpc) is 2.39. The summed E-state index contributed by atoms with van der Waals surface area (Å²) in [6.07, 6.45) is 1.56. The Morgan fingerprint density at radius 3 is 2.61 bits per heavy atom. The molecule has 1 aliphatic heterocycles. The first kappa shape index (κ1) is 13.3. The zero-order valence-electron chi connectivity index (χ0n) is 10.1. The first-order valence-corrected chi connectivity index (χ1v) is 7.92. The minimum Gasteiger partial charge on any atom is -0.299 e. The highest BCUT2D eigenvalue weighted by atomic mass is 32.2. The number of carbonyl (C=O) groups is 1. The molecule has 3 atom stereocenters. The zero-order chi connectivity index (χ0) is 13.1. The molecule has 0 amide bonds. The Morgan fingerprint density at radius 1 is 1.39 bits per heavy atom. The van der Waals surface area contributed by atoms with Gasteiger partial charge in [-0.1, -0.05) is 42.1 Å². The minimum atomic E-state index is -1.16. The SMILES string of the molecule is CC(=O)[C@@H]1SC(S(C)=O)=NN[C@H]1c1ccccc1. The van der Waals surface area contributed by atoms with Gasteiger partial charge in [-0.2, -0.15) is 5.10 Å². The molecule has 0 spiro atoms. The second-order valence-corrected chi connectivity index (χ2v) is 6.68. The maximum absolute atomic E-state index is 11.7. The van der Waals surface area contributed by atoms with E-state index in [-0.39, 0.29) is 17.1 Å². The second kappa shape index (κ2) is 5.67. The van der Waals surface area contributed by atoms with Gasteiger partial charge in [-0.3, -0.25) is 14.4 Å². The predicted molar refractivity (Wildman–Crippen MR) is 75.9 cm³/mol. The Morgan fingerprint density at radius 2 is 2.06 bits per heavy atom. The predicted octanol–water partition coefficient (Wildman–Crippen LogP) is 1.67. The third-order valence-electron chi connectivity index (χ3n) is 2.63. The van der Waals surface area contributed by atoms with Crippen molar-refractivity contribution in [1.82, 2.24) is 5.43 Å². The van der Waals surface area contributed by atoms with Crippen molar-refractivity contribution in [3.05, 3.63) is 35.9 Å². The largest absolute Gasteiger partial charge is 0.299 e. The number of Topliss-reactive ketones (excluding diaryl/α,β-unsaturated/α-hetero) is 1. The number of rotatable bonds is 2. The van der Waals surface area contributed by atoms with Crippen molar-refractivity contribution in [1.29, 1.82) is 0 Å². The molecule has 0 saturated heterocycles. The van der Waals surface area contributed by atoms with Crippen LogP contribution in [0.1, 0.15) is 18.5 Å². The van der Waals surface area contributed by atoms with Crippen molar-refractivity contribution in [2.24, 2.45) is 5.10 Å². The molecule has 1 aromatic rings. The standard InChI is InChI=1S/C12H14N2O2S2/c1-8(15)11-10(9-6-4-3-5-7-9)13-14-12(17-11)18(2)16/h3-7,10-11,13H,1-2H3/t10-,11-,18?/m0/s1. The molecule has 0 fully saturated rings. The third-order valence-corrected chi connectivity index (χ3v) is 5.36. The van der Waals surface area contributed by atoms with E-state index < -0.39 is 10.8 Å². The molecule has 4 nitrogen and oxygen atoms in total. The first-order chi connectivity index (χ1) is 8.59. The van der Waals surface area contributed by atoms with Crippen LogP contribution in [-0.4, -0.2) is 25.9 Å². The van der Waals surface area contributed by atoms with Crippen LogP contribution < -0.4 is 5.43 Å². The van der Waals surface area contributed by atoms with Crippen LogP contribution in [-0.2, 0) is 15.6 Å². The average molecular weight is 282 g/mol. The van der Waals surface area contributed by atoms with Crippen molar-refractivity contribution in [3.8, 4) is 0 Å². The summed E-state index contributed by atoms with van der Waals surface area (Å²) in [6, 6.07) is 9.53. The molecule has 1 heterocycles. The monoisotopic (exact) mass is 282 g/mol. The topological polar surface area (TPSA) is 58.5 Å². The van der Waals surface area contributed by atoms with Crippen molar-refractivity contribution >= 4 is 32.7 Å². The van der Waals surface area contributed by atoms with Crippen molar-refractivity contribution in [2.75, 3.05) is 6.26 Å². The van der Waals surface area contributed by atoms with Crippen molar-refractivity contribution in [3.63, 3.8) is 0 Å². The van der Waals surface area contributed by atoms with Crippen LogP contribution in [0.5, 0.6) is 0 Å². The van der Waals surface area contributed by atoms with Gasteiger partial charge in [0.05, 0.1) is 22.1 Å². The quantitative estimate of drug-likeness (QED) is 0.896. The number of thioether (sulfide) groups is 1. The number of hydrazone groups is 1. The summed E-state index contributed by atoms with van der Waals surface area (Å²) < 4.78 is 11.9. The smallest absolute Gasteiger partial charge is 0.180 e. The molecule has 0 bridgehead atoms. The maximum Gasteiger partial charge on any atom is 0.180 e. The van der Waals surface area contributed by atoms with E-state index in [2.05, 4.69) is 10.5 Å². The van der Waals surface area contributed by atoms with Crippen LogP contribution in [0.15, 0.2) is 35.4 Å². The fourth-order valence-corrected chi connectivity index (χ4v) is 3.63. The van der Waals surface area contributed by atoms with E-state index >= 15 is 0 Å². The zero-order valence-corrected chi connectivity index (χ0v) is 11.8. The van der Waals surface area contributed by atoms with Gasteiger partial charge in [-0.05, 0) is 12.5 Å². The lowest BCUT2D eigenvalue weighted by molar-refractivity contribution is -0.117. The third kappa shape index (κ3) is 2.81. The Labute approximate surface area is 113 Å². The van der Waals surface area contributed by atoms with Gasteiger partial charge < -0.3 is 0 Å². The summed E-state index contributed by atoms with van der Waals surface area (Å²) in [5, 5.41) is 3.81. The summed E-state index contributed by atoms with van der Waals surface area (Å²) in [5.74, 6) is 0.0548. The molecule has 6 heteroatoms. The molecule has 0 aromatic heterocycles. The van der Waals surface area contributed by atoms with Gasteiger partial charge in [-0.25, -0.2) is 0 Å². The molecule has 1 N–H and O–H groups in total. The fraction of sp³-hybridized carbons (Fsp3) is 0.333. The molecule has 18 heavy (non-hydrogen) atoms. The number of benzene rings is 1. The molecule has 96 valence electrons. The van der Waals surface area contributed by atoms with Crippen LogP contribution >= 0.6 is 11.8 Å². The lowest BCUT2D eigenvalue weighted by Crippen LogP contribution is -2.37. The lowest BCUT2D eigenvalue weighted by atomic mass is 10.0. The number of nitrogens with zero attached hydrogens (tertiary/aromatic N) is 1. The van der Waals surface area contributed by atoms with E-state index in [1.807, 2.05) is 30.3 Å². The van der Waals surface area contributed by atoms with Crippen molar-refractivity contribution in [2.45, 2.75) is 18.2 Å². The molecule has 1 aromatic carbocycles. The van der Waals surface area contributed by atoms with Crippen LogP contribution in [0, 0.1) is 0 Å². The molecular weight excluding hydrogens is 268 g/mol. The summed E-state index contributed by atoms with van der Waals surface area (Å²) in [7, 11) is -1.16. The minimum absolute atomic E-state index is 0.0548. The molecule has 0 saturated carbocycles. The summed E-state index contributed by atoms with van der Waals surface area (Å²) >= 11 is 1.29. The van der Waals surface area contributed by atoms with E-state index in [9.17, 15) is 9.00 Å². The maximum atomic E-state index is 11.7. The van der Waals surface area contributed by atoms with Gasteiger partial charge in [0, 0.05) is 6.26 Å². The summed E-state index contributed by atoms with van der Waals surface area (Å²) in [5.41, 5.74) is 3.96. The number of nitrogens with one attached hydrogen (secondary N) is 1. The van der Waals surface area contributed by atoms with Gasteiger partial charge in [0.2, 0.25) is 0 Å². The van der Waals surface area contributed by atoms with Crippen LogP contribution in [0.3, 0.4) is 0 Å². The first-order valence-electron chi connectivity index (χ1n) is 5.48. The van der Waals surface area contributed by atoms with Gasteiger partial charge in [-0.15, -0.1) is 0 Å². The highest BCUT2D eigenvalue weighted by Gasteiger charge is 2.33. The molecule has 0 aliphatic carbocycles. The normalized spacial score (nSPS) is 24.9. The highest BCUT2D eigenvalue weighted by molar-refractivity contribution is 8.33. The number of ketones is 1. The Kier molecular flexibility index (Phi) is 4.19. The molecular formula is C12H14N2O2S2. The lowest BCUT2D eigenvalue weighted by Gasteiger charge is -2.28. The number of carbonyl (C=O) groups excluding carboxylic acids is 1. The molecule has 0 radical (unpaired) electrons. The Balaban J connectivity index is 2.31. The second-order valence-electron chi connectivity index (χ2n) is 4.00. The van der Waals surface area contributed by atoms with Gasteiger partial charge in [0.1, 0.15) is 5.78 Å². The molecule has 1 unspecified atom stereocenters. The number of hydrogen-bond donors (Lipinski definition) is 1. The summed E-state index contributed by atoms with van der Waals surface area (Å²) in [4.78, 5) is 11.7. The van der Waals surface area contributed by atoms with Crippen molar-refractivity contribution < 1.29 is 9.00 Å². The van der Waals surface area contributed by atoms with E-state index in [0.717, 1.165) is 5.56 Å². The Hall–Kier alpha value is -1.14. The van der Waals surface area contributed by atoms with E-state index in [1.54, 1.807) is 13.2 Å². The van der Waals surface area contributed by atoms with Crippen LogP contribution in [0.2, 0.25) is 0 Å². The number of hydrogen-bond acceptors (Lipinski definition) is 5. The van der Waals surface area contributed by atoms with E-state index in [0.29, 0.717) is 4.38 Å². The fourth-order valence-electron chi connectivity index (χ4n) is 1.75. The molecule has 1 aliphatic rings.